The van der Waals surface area contributed by atoms with Crippen LogP contribution in [0.4, 0.5) is 5.13 Å². The Kier molecular flexibility index (Phi) is 5.34. The predicted molar refractivity (Wildman–Crippen MR) is 142 cm³/mol. The maximum absolute atomic E-state index is 14.5. The van der Waals surface area contributed by atoms with E-state index in [-0.39, 0.29) is 5.91 Å². The molecule has 5 aromatic rings. The summed E-state index contributed by atoms with van der Waals surface area (Å²) in [6.07, 6.45) is 0. The number of amides is 1. The lowest BCUT2D eigenvalue weighted by atomic mass is 9.87. The molecule has 0 fully saturated rings. The minimum Gasteiger partial charge on any atom is -0.457 e. The van der Waals surface area contributed by atoms with Gasteiger partial charge in [-0.3, -0.25) is 9.69 Å². The third kappa shape index (κ3) is 3.78. The molecule has 0 saturated carbocycles. The van der Waals surface area contributed by atoms with Crippen LogP contribution in [-0.2, 0) is 11.3 Å². The Bertz CT molecular complexity index is 1510. The first-order valence-electron chi connectivity index (χ1n) is 11.7. The first kappa shape index (κ1) is 21.6. The lowest BCUT2D eigenvalue weighted by molar-refractivity contribution is -0.119. The van der Waals surface area contributed by atoms with E-state index in [0.717, 1.165) is 44.0 Å². The number of carbonyl (C=O) groups excluding carboxylic acids is 1. The lowest BCUT2D eigenvalue weighted by Gasteiger charge is -2.31. The van der Waals surface area contributed by atoms with Crippen molar-refractivity contribution in [2.24, 2.45) is 0 Å². The van der Waals surface area contributed by atoms with Gasteiger partial charge >= 0.3 is 0 Å². The van der Waals surface area contributed by atoms with E-state index in [1.54, 1.807) is 11.3 Å². The van der Waals surface area contributed by atoms with Crippen LogP contribution in [0.25, 0.3) is 10.2 Å². The molecule has 2 heterocycles. The molecule has 5 heteroatoms. The van der Waals surface area contributed by atoms with E-state index in [2.05, 4.69) is 38.1 Å². The van der Waals surface area contributed by atoms with Crippen LogP contribution < -0.4 is 9.64 Å². The molecule has 1 aliphatic rings. The summed E-state index contributed by atoms with van der Waals surface area (Å²) in [5, 5.41) is 0.712. The second kappa shape index (κ2) is 8.67. The maximum atomic E-state index is 14.5. The number of thiazole rings is 1. The molecule has 6 rings (SSSR count). The van der Waals surface area contributed by atoms with Gasteiger partial charge in [0.05, 0.1) is 22.7 Å². The van der Waals surface area contributed by atoms with Gasteiger partial charge in [-0.1, -0.05) is 84.1 Å². The predicted octanol–water partition coefficient (Wildman–Crippen LogP) is 7.38. The molecule has 0 N–H and O–H groups in total. The Morgan fingerprint density at radius 1 is 0.857 bits per heavy atom. The molecule has 0 bridgehead atoms. The van der Waals surface area contributed by atoms with Crippen molar-refractivity contribution in [3.8, 4) is 11.5 Å². The average Bonchev–Trinajstić information content (AvgIpc) is 3.33. The SMILES string of the molecule is Cc1ccc2sc(N(Cc3ccccc3)C(=O)C3c4ccccc4Oc4ccccc43)nc2c1C. The molecule has 0 radical (unpaired) electrons. The van der Waals surface area contributed by atoms with Crippen molar-refractivity contribution in [2.75, 3.05) is 4.90 Å². The van der Waals surface area contributed by atoms with E-state index in [1.165, 1.54) is 5.56 Å². The van der Waals surface area contributed by atoms with Crippen molar-refractivity contribution in [1.82, 2.24) is 4.98 Å². The quantitative estimate of drug-likeness (QED) is 0.272. The zero-order chi connectivity index (χ0) is 23.9. The molecule has 0 aliphatic carbocycles. The molecule has 0 atom stereocenters. The van der Waals surface area contributed by atoms with Gasteiger partial charge in [0.2, 0.25) is 5.91 Å². The van der Waals surface area contributed by atoms with Gasteiger partial charge in [-0.2, -0.15) is 0 Å². The number of fused-ring (bicyclic) bond motifs is 3. The minimum absolute atomic E-state index is 0.00881. The zero-order valence-corrected chi connectivity index (χ0v) is 20.4. The molecule has 4 aromatic carbocycles. The summed E-state index contributed by atoms with van der Waals surface area (Å²) in [7, 11) is 0. The highest BCUT2D eigenvalue weighted by Crippen LogP contribution is 2.45. The van der Waals surface area contributed by atoms with Crippen LogP contribution in [-0.4, -0.2) is 10.9 Å². The second-order valence-corrected chi connectivity index (χ2v) is 9.88. The maximum Gasteiger partial charge on any atom is 0.241 e. The molecular formula is C30H24N2O2S. The number of aromatic nitrogens is 1. The van der Waals surface area contributed by atoms with Crippen LogP contribution in [0.3, 0.4) is 0 Å². The van der Waals surface area contributed by atoms with Crippen molar-refractivity contribution in [1.29, 1.82) is 0 Å². The number of hydrogen-bond acceptors (Lipinski definition) is 4. The lowest BCUT2D eigenvalue weighted by Crippen LogP contribution is -2.36. The topological polar surface area (TPSA) is 42.4 Å². The normalized spacial score (nSPS) is 12.6. The van der Waals surface area contributed by atoms with Crippen molar-refractivity contribution in [2.45, 2.75) is 26.3 Å². The van der Waals surface area contributed by atoms with Crippen LogP contribution in [0.15, 0.2) is 91.0 Å². The fraction of sp³-hybridized carbons (Fsp3) is 0.133. The molecule has 0 unspecified atom stereocenters. The van der Waals surface area contributed by atoms with Gasteiger partial charge < -0.3 is 4.74 Å². The highest BCUT2D eigenvalue weighted by molar-refractivity contribution is 7.22. The van der Waals surface area contributed by atoms with Gasteiger partial charge in [0, 0.05) is 11.1 Å². The van der Waals surface area contributed by atoms with Crippen LogP contribution in [0.5, 0.6) is 11.5 Å². The molecule has 0 saturated heterocycles. The van der Waals surface area contributed by atoms with Crippen LogP contribution in [0, 0.1) is 13.8 Å². The van der Waals surface area contributed by atoms with Gasteiger partial charge in [0.15, 0.2) is 5.13 Å². The molecule has 1 amide bonds. The number of hydrogen-bond donors (Lipinski definition) is 0. The number of aryl methyl sites for hydroxylation is 2. The van der Waals surface area contributed by atoms with Gasteiger partial charge in [0.1, 0.15) is 11.5 Å². The van der Waals surface area contributed by atoms with Gasteiger partial charge in [-0.25, -0.2) is 4.98 Å². The summed E-state index contributed by atoms with van der Waals surface area (Å²) in [5.74, 6) is 0.958. The Balaban J connectivity index is 1.51. The molecular weight excluding hydrogens is 452 g/mol. The Morgan fingerprint density at radius 2 is 1.49 bits per heavy atom. The number of para-hydroxylation sites is 2. The molecule has 172 valence electrons. The average molecular weight is 477 g/mol. The highest BCUT2D eigenvalue weighted by atomic mass is 32.1. The summed E-state index contributed by atoms with van der Waals surface area (Å²) in [4.78, 5) is 21.3. The Morgan fingerprint density at radius 3 is 2.17 bits per heavy atom. The number of anilines is 1. The monoisotopic (exact) mass is 476 g/mol. The van der Waals surface area contributed by atoms with E-state index in [0.29, 0.717) is 11.7 Å². The van der Waals surface area contributed by atoms with E-state index < -0.39 is 5.92 Å². The third-order valence-electron chi connectivity index (χ3n) is 6.68. The summed E-state index contributed by atoms with van der Waals surface area (Å²) < 4.78 is 7.24. The standard InChI is InChI=1S/C30H24N2O2S/c1-19-16-17-26-28(20(19)2)31-30(35-26)32(18-21-10-4-3-5-11-21)29(33)27-22-12-6-8-14-24(22)34-25-15-9-7-13-23(25)27/h3-17,27H,18H2,1-2H3. The summed E-state index contributed by atoms with van der Waals surface area (Å²) in [6, 6.07) is 29.9. The molecule has 1 aliphatic heterocycles. The van der Waals surface area contributed by atoms with E-state index in [9.17, 15) is 4.79 Å². The minimum atomic E-state index is -0.477. The van der Waals surface area contributed by atoms with Gasteiger partial charge in [-0.05, 0) is 48.7 Å². The van der Waals surface area contributed by atoms with Crippen LogP contribution in [0.2, 0.25) is 0 Å². The summed E-state index contributed by atoms with van der Waals surface area (Å²) in [6.45, 7) is 4.63. The van der Waals surface area contributed by atoms with Gasteiger partial charge in [-0.15, -0.1) is 0 Å². The van der Waals surface area contributed by atoms with Crippen LogP contribution in [0.1, 0.15) is 33.7 Å². The number of nitrogens with zero attached hydrogens (tertiary/aromatic N) is 2. The fourth-order valence-corrected chi connectivity index (χ4v) is 5.70. The molecule has 1 aromatic heterocycles. The molecule has 0 spiro atoms. The van der Waals surface area contributed by atoms with E-state index in [4.69, 9.17) is 9.72 Å². The number of benzene rings is 4. The first-order valence-corrected chi connectivity index (χ1v) is 12.5. The van der Waals surface area contributed by atoms with Crippen molar-refractivity contribution >= 4 is 32.6 Å². The van der Waals surface area contributed by atoms with Crippen molar-refractivity contribution < 1.29 is 9.53 Å². The van der Waals surface area contributed by atoms with Crippen molar-refractivity contribution in [3.05, 3.63) is 119 Å². The van der Waals surface area contributed by atoms with Crippen LogP contribution >= 0.6 is 11.3 Å². The highest BCUT2D eigenvalue weighted by Gasteiger charge is 2.36. The molecule has 35 heavy (non-hydrogen) atoms. The largest absolute Gasteiger partial charge is 0.457 e. The summed E-state index contributed by atoms with van der Waals surface area (Å²) in [5.41, 5.74) is 6.12. The number of rotatable bonds is 4. The Labute approximate surface area is 208 Å². The fourth-order valence-electron chi connectivity index (χ4n) is 4.67. The Hall–Kier alpha value is -3.96. The smallest absolute Gasteiger partial charge is 0.241 e. The van der Waals surface area contributed by atoms with E-state index in [1.807, 2.05) is 71.6 Å². The number of carbonyl (C=O) groups is 1. The van der Waals surface area contributed by atoms with Crippen molar-refractivity contribution in [3.63, 3.8) is 0 Å². The third-order valence-corrected chi connectivity index (χ3v) is 7.72. The first-order chi connectivity index (χ1) is 17.1. The number of ether oxygens (including phenoxy) is 1. The summed E-state index contributed by atoms with van der Waals surface area (Å²) >= 11 is 1.57. The van der Waals surface area contributed by atoms with E-state index >= 15 is 0 Å². The second-order valence-electron chi connectivity index (χ2n) is 8.87. The zero-order valence-electron chi connectivity index (χ0n) is 19.6. The van der Waals surface area contributed by atoms with Gasteiger partial charge in [0.25, 0.3) is 0 Å². The molecule has 4 nitrogen and oxygen atoms in total.